The average Bonchev–Trinajstić information content (AvgIpc) is 3.20. The molecule has 2 amide bonds. The van der Waals surface area contributed by atoms with Gasteiger partial charge in [0.15, 0.2) is 0 Å². The minimum Gasteiger partial charge on any atom is -0.497 e. The van der Waals surface area contributed by atoms with E-state index in [1.807, 2.05) is 30.3 Å². The Morgan fingerprint density at radius 1 is 0.933 bits per heavy atom. The van der Waals surface area contributed by atoms with E-state index in [0.717, 1.165) is 5.56 Å². The van der Waals surface area contributed by atoms with Crippen molar-refractivity contribution >= 4 is 27.7 Å². The van der Waals surface area contributed by atoms with Crippen molar-refractivity contribution in [3.05, 3.63) is 70.3 Å². The van der Waals surface area contributed by atoms with Crippen molar-refractivity contribution in [2.24, 2.45) is 0 Å². The first-order chi connectivity index (χ1) is 14.6. The highest BCUT2D eigenvalue weighted by Crippen LogP contribution is 2.29. The Morgan fingerprint density at radius 2 is 1.53 bits per heavy atom. The van der Waals surface area contributed by atoms with Gasteiger partial charge in [-0.05, 0) is 40.2 Å². The number of hydrogen-bond acceptors (Lipinski definition) is 4. The summed E-state index contributed by atoms with van der Waals surface area (Å²) >= 11 is 3.52. The van der Waals surface area contributed by atoms with E-state index in [0.29, 0.717) is 53.4 Å². The number of amides is 2. The van der Waals surface area contributed by atoms with Gasteiger partial charge in [0.2, 0.25) is 0 Å². The third-order valence-corrected chi connectivity index (χ3v) is 5.93. The first kappa shape index (κ1) is 20.2. The van der Waals surface area contributed by atoms with Gasteiger partial charge in [0, 0.05) is 37.3 Å². The highest BCUT2D eigenvalue weighted by Gasteiger charge is 2.28. The molecule has 154 valence electrons. The number of nitrogens with one attached hydrogen (secondary N) is 1. The minimum atomic E-state index is -0.131. The van der Waals surface area contributed by atoms with Gasteiger partial charge in [0.1, 0.15) is 17.1 Å². The number of aromatic nitrogens is 2. The van der Waals surface area contributed by atoms with Gasteiger partial charge in [-0.2, -0.15) is 5.10 Å². The largest absolute Gasteiger partial charge is 0.497 e. The third kappa shape index (κ3) is 3.95. The van der Waals surface area contributed by atoms with E-state index in [2.05, 4.69) is 26.1 Å². The molecule has 1 aromatic heterocycles. The minimum absolute atomic E-state index is 0.0427. The lowest BCUT2D eigenvalue weighted by atomic mass is 10.1. The number of nitrogens with zero attached hydrogens (tertiary/aromatic N) is 3. The molecule has 1 N–H and O–H groups in total. The number of H-pyrrole nitrogens is 1. The normalized spacial score (nSPS) is 13.9. The lowest BCUT2D eigenvalue weighted by Gasteiger charge is -2.34. The van der Waals surface area contributed by atoms with Gasteiger partial charge in [-0.15, -0.1) is 0 Å². The topological polar surface area (TPSA) is 78.5 Å². The number of benzene rings is 2. The van der Waals surface area contributed by atoms with Crippen molar-refractivity contribution in [3.63, 3.8) is 0 Å². The molecular weight excluding hydrogens is 448 g/mol. The number of piperazine rings is 1. The Morgan fingerprint density at radius 3 is 2.13 bits per heavy atom. The lowest BCUT2D eigenvalue weighted by Crippen LogP contribution is -2.50. The summed E-state index contributed by atoms with van der Waals surface area (Å²) in [4.78, 5) is 29.2. The van der Waals surface area contributed by atoms with Crippen LogP contribution < -0.4 is 4.74 Å². The van der Waals surface area contributed by atoms with E-state index in [1.54, 1.807) is 41.2 Å². The van der Waals surface area contributed by atoms with Crippen LogP contribution in [0.1, 0.15) is 20.8 Å². The summed E-state index contributed by atoms with van der Waals surface area (Å²) in [5.74, 6) is 0.536. The number of ether oxygens (including phenoxy) is 1. The molecule has 30 heavy (non-hydrogen) atoms. The van der Waals surface area contributed by atoms with E-state index in [9.17, 15) is 9.59 Å². The molecule has 0 unspecified atom stereocenters. The van der Waals surface area contributed by atoms with Crippen LogP contribution in [0.5, 0.6) is 5.75 Å². The highest BCUT2D eigenvalue weighted by molar-refractivity contribution is 9.10. The highest BCUT2D eigenvalue weighted by atomic mass is 79.9. The van der Waals surface area contributed by atoms with Crippen LogP contribution in [0.25, 0.3) is 11.3 Å². The van der Waals surface area contributed by atoms with Crippen molar-refractivity contribution in [1.29, 1.82) is 0 Å². The summed E-state index contributed by atoms with van der Waals surface area (Å²) in [6.45, 7) is 1.89. The van der Waals surface area contributed by atoms with Crippen LogP contribution >= 0.6 is 15.9 Å². The van der Waals surface area contributed by atoms with Gasteiger partial charge in [-0.3, -0.25) is 14.7 Å². The molecule has 1 saturated heterocycles. The molecule has 0 atom stereocenters. The average molecular weight is 469 g/mol. The Kier molecular flexibility index (Phi) is 5.85. The maximum Gasteiger partial charge on any atom is 0.273 e. The molecule has 4 rings (SSSR count). The summed E-state index contributed by atoms with van der Waals surface area (Å²) in [6.07, 6.45) is 0. The molecule has 1 aliphatic heterocycles. The van der Waals surface area contributed by atoms with Gasteiger partial charge in [-0.25, -0.2) is 0 Å². The number of hydrogen-bond donors (Lipinski definition) is 1. The maximum atomic E-state index is 13.0. The summed E-state index contributed by atoms with van der Waals surface area (Å²) < 4.78 is 5.78. The van der Waals surface area contributed by atoms with Gasteiger partial charge in [0.05, 0.1) is 11.6 Å². The van der Waals surface area contributed by atoms with E-state index in [-0.39, 0.29) is 11.8 Å². The van der Waals surface area contributed by atoms with Crippen LogP contribution in [-0.4, -0.2) is 65.1 Å². The summed E-state index contributed by atoms with van der Waals surface area (Å²) in [5, 5.41) is 7.16. The number of carbonyl (C=O) groups is 2. The van der Waals surface area contributed by atoms with E-state index < -0.39 is 0 Å². The summed E-state index contributed by atoms with van der Waals surface area (Å²) in [7, 11) is 1.59. The number of halogens is 1. The van der Waals surface area contributed by atoms with Crippen LogP contribution in [-0.2, 0) is 0 Å². The zero-order valence-corrected chi connectivity index (χ0v) is 18.1. The molecule has 2 aromatic carbocycles. The molecule has 0 spiro atoms. The quantitative estimate of drug-likeness (QED) is 0.635. The van der Waals surface area contributed by atoms with Gasteiger partial charge in [0.25, 0.3) is 11.8 Å². The SMILES string of the molecule is COc1ccc(C(=O)N2CCN(C(=O)c3[nH]nc(-c4ccccc4)c3Br)CC2)cc1. The van der Waals surface area contributed by atoms with Crippen LogP contribution in [0, 0.1) is 0 Å². The van der Waals surface area contributed by atoms with Crippen molar-refractivity contribution in [1.82, 2.24) is 20.0 Å². The molecule has 1 aliphatic rings. The lowest BCUT2D eigenvalue weighted by molar-refractivity contribution is 0.0531. The van der Waals surface area contributed by atoms with Crippen molar-refractivity contribution in [2.45, 2.75) is 0 Å². The molecular formula is C22H21BrN4O3. The fourth-order valence-corrected chi connectivity index (χ4v) is 4.02. The second-order valence-corrected chi connectivity index (χ2v) is 7.73. The molecule has 1 fully saturated rings. The molecule has 0 bridgehead atoms. The molecule has 3 aromatic rings. The number of rotatable bonds is 4. The van der Waals surface area contributed by atoms with Crippen molar-refractivity contribution < 1.29 is 14.3 Å². The number of methoxy groups -OCH3 is 1. The zero-order valence-electron chi connectivity index (χ0n) is 16.5. The van der Waals surface area contributed by atoms with Crippen LogP contribution in [0.3, 0.4) is 0 Å². The standard InChI is InChI=1S/C22H21BrN4O3/c1-30-17-9-7-16(8-10-17)21(28)26-11-13-27(14-12-26)22(29)20-18(23)19(24-25-20)15-5-3-2-4-6-15/h2-10H,11-14H2,1H3,(H,24,25). The summed E-state index contributed by atoms with van der Waals surface area (Å²) in [6, 6.07) is 16.7. The molecule has 0 saturated carbocycles. The van der Waals surface area contributed by atoms with Crippen molar-refractivity contribution in [3.8, 4) is 17.0 Å². The third-order valence-electron chi connectivity index (χ3n) is 5.16. The van der Waals surface area contributed by atoms with Gasteiger partial charge < -0.3 is 14.5 Å². The predicted octanol–water partition coefficient (Wildman–Crippen LogP) is 3.45. The monoisotopic (exact) mass is 468 g/mol. The second kappa shape index (κ2) is 8.71. The fourth-order valence-electron chi connectivity index (χ4n) is 3.44. The predicted molar refractivity (Wildman–Crippen MR) is 117 cm³/mol. The van der Waals surface area contributed by atoms with Gasteiger partial charge >= 0.3 is 0 Å². The fraction of sp³-hybridized carbons (Fsp3) is 0.227. The molecule has 7 nitrogen and oxygen atoms in total. The van der Waals surface area contributed by atoms with E-state index >= 15 is 0 Å². The van der Waals surface area contributed by atoms with E-state index in [1.165, 1.54) is 0 Å². The Bertz CT molecular complexity index is 1040. The number of carbonyl (C=O) groups excluding carboxylic acids is 2. The number of aromatic amines is 1. The van der Waals surface area contributed by atoms with E-state index in [4.69, 9.17) is 4.74 Å². The molecule has 2 heterocycles. The Labute approximate surface area is 182 Å². The molecule has 8 heteroatoms. The smallest absolute Gasteiger partial charge is 0.273 e. The first-order valence-corrected chi connectivity index (χ1v) is 10.4. The second-order valence-electron chi connectivity index (χ2n) is 6.94. The van der Waals surface area contributed by atoms with Crippen LogP contribution in [0.4, 0.5) is 0 Å². The Hall–Kier alpha value is -3.13. The first-order valence-electron chi connectivity index (χ1n) is 9.60. The summed E-state index contributed by atoms with van der Waals surface area (Å²) in [5.41, 5.74) is 2.66. The van der Waals surface area contributed by atoms with Crippen molar-refractivity contribution in [2.75, 3.05) is 33.3 Å². The Balaban J connectivity index is 1.41. The van der Waals surface area contributed by atoms with Crippen LogP contribution in [0.15, 0.2) is 59.1 Å². The van der Waals surface area contributed by atoms with Gasteiger partial charge in [-0.1, -0.05) is 30.3 Å². The van der Waals surface area contributed by atoms with Crippen LogP contribution in [0.2, 0.25) is 0 Å². The zero-order chi connectivity index (χ0) is 21.1. The maximum absolute atomic E-state index is 13.0. The molecule has 0 radical (unpaired) electrons. The molecule has 0 aliphatic carbocycles.